The SMILES string of the molecule is CCCCN1C(=O)c2ccccc2[C@@]1(O)c1ccccc1. The van der Waals surface area contributed by atoms with Crippen LogP contribution in [0.2, 0.25) is 0 Å². The highest BCUT2D eigenvalue weighted by atomic mass is 16.3. The van der Waals surface area contributed by atoms with Crippen LogP contribution in [0.4, 0.5) is 0 Å². The molecule has 1 N–H and O–H groups in total. The minimum atomic E-state index is -1.36. The maximum absolute atomic E-state index is 12.7. The summed E-state index contributed by atoms with van der Waals surface area (Å²) >= 11 is 0. The molecule has 21 heavy (non-hydrogen) atoms. The summed E-state index contributed by atoms with van der Waals surface area (Å²) in [6.07, 6.45) is 1.85. The summed E-state index contributed by atoms with van der Waals surface area (Å²) in [6.45, 7) is 2.63. The van der Waals surface area contributed by atoms with Crippen molar-refractivity contribution in [1.82, 2.24) is 4.90 Å². The minimum Gasteiger partial charge on any atom is -0.363 e. The standard InChI is InChI=1S/C18H19NO2/c1-2-3-13-19-17(20)15-11-7-8-12-16(15)18(19,21)14-9-5-4-6-10-14/h4-12,21H,2-3,13H2,1H3/t18-/m0/s1. The van der Waals surface area contributed by atoms with Crippen LogP contribution in [0.25, 0.3) is 0 Å². The maximum Gasteiger partial charge on any atom is 0.257 e. The molecule has 2 aromatic carbocycles. The number of unbranched alkanes of at least 4 members (excludes halogenated alkanes) is 1. The first-order valence-corrected chi connectivity index (χ1v) is 7.39. The molecule has 0 bridgehead atoms. The van der Waals surface area contributed by atoms with Crippen molar-refractivity contribution in [2.75, 3.05) is 6.54 Å². The molecule has 0 spiro atoms. The van der Waals surface area contributed by atoms with E-state index >= 15 is 0 Å². The highest BCUT2D eigenvalue weighted by Gasteiger charge is 2.49. The van der Waals surface area contributed by atoms with Gasteiger partial charge in [0, 0.05) is 23.2 Å². The lowest BCUT2D eigenvalue weighted by Crippen LogP contribution is -2.45. The number of rotatable bonds is 4. The number of fused-ring (bicyclic) bond motifs is 1. The van der Waals surface area contributed by atoms with Crippen LogP contribution in [-0.2, 0) is 5.72 Å². The molecule has 1 aliphatic heterocycles. The molecule has 0 unspecified atom stereocenters. The number of carbonyl (C=O) groups excluding carboxylic acids is 1. The van der Waals surface area contributed by atoms with Gasteiger partial charge >= 0.3 is 0 Å². The van der Waals surface area contributed by atoms with Crippen LogP contribution < -0.4 is 0 Å². The zero-order valence-electron chi connectivity index (χ0n) is 12.1. The molecule has 1 aliphatic rings. The lowest BCUT2D eigenvalue weighted by Gasteiger charge is -2.34. The second kappa shape index (κ2) is 5.34. The fourth-order valence-corrected chi connectivity index (χ4v) is 2.97. The molecular formula is C18H19NO2. The van der Waals surface area contributed by atoms with E-state index in [9.17, 15) is 9.90 Å². The first-order chi connectivity index (χ1) is 10.2. The van der Waals surface area contributed by atoms with Crippen molar-refractivity contribution in [3.05, 3.63) is 71.3 Å². The van der Waals surface area contributed by atoms with E-state index in [0.717, 1.165) is 18.4 Å². The summed E-state index contributed by atoms with van der Waals surface area (Å²) < 4.78 is 0. The Kier molecular flexibility index (Phi) is 3.52. The molecule has 0 saturated heterocycles. The number of hydrogen-bond acceptors (Lipinski definition) is 2. The molecule has 1 amide bonds. The number of nitrogens with zero attached hydrogens (tertiary/aromatic N) is 1. The fourth-order valence-electron chi connectivity index (χ4n) is 2.97. The summed E-state index contributed by atoms with van der Waals surface area (Å²) in [4.78, 5) is 14.3. The lowest BCUT2D eigenvalue weighted by atomic mass is 9.94. The van der Waals surface area contributed by atoms with Crippen LogP contribution in [0.1, 0.15) is 41.3 Å². The highest BCUT2D eigenvalue weighted by Crippen LogP contribution is 2.42. The van der Waals surface area contributed by atoms with E-state index < -0.39 is 5.72 Å². The van der Waals surface area contributed by atoms with Gasteiger partial charge in [-0.3, -0.25) is 4.79 Å². The Balaban J connectivity index is 2.15. The van der Waals surface area contributed by atoms with Crippen molar-refractivity contribution in [2.24, 2.45) is 0 Å². The molecule has 0 fully saturated rings. The topological polar surface area (TPSA) is 40.5 Å². The third-order valence-corrected chi connectivity index (χ3v) is 4.08. The maximum atomic E-state index is 12.7. The Bertz CT molecular complexity index is 653. The van der Waals surface area contributed by atoms with E-state index in [4.69, 9.17) is 0 Å². The summed E-state index contributed by atoms with van der Waals surface area (Å²) in [7, 11) is 0. The highest BCUT2D eigenvalue weighted by molar-refractivity contribution is 6.00. The van der Waals surface area contributed by atoms with Gasteiger partial charge < -0.3 is 10.0 Å². The van der Waals surface area contributed by atoms with E-state index in [1.54, 1.807) is 11.0 Å². The van der Waals surface area contributed by atoms with Crippen molar-refractivity contribution in [2.45, 2.75) is 25.5 Å². The van der Waals surface area contributed by atoms with Crippen molar-refractivity contribution in [3.8, 4) is 0 Å². The van der Waals surface area contributed by atoms with Crippen LogP contribution >= 0.6 is 0 Å². The monoisotopic (exact) mass is 281 g/mol. The molecule has 1 atom stereocenters. The molecule has 3 nitrogen and oxygen atoms in total. The Morgan fingerprint density at radius 3 is 2.43 bits per heavy atom. The average molecular weight is 281 g/mol. The molecule has 2 aromatic rings. The molecule has 0 aromatic heterocycles. The largest absolute Gasteiger partial charge is 0.363 e. The Hall–Kier alpha value is -2.13. The summed E-state index contributed by atoms with van der Waals surface area (Å²) in [5, 5.41) is 11.4. The predicted molar refractivity (Wildman–Crippen MR) is 81.8 cm³/mol. The van der Waals surface area contributed by atoms with Crippen LogP contribution in [0.3, 0.4) is 0 Å². The zero-order chi connectivity index (χ0) is 14.9. The van der Waals surface area contributed by atoms with Gasteiger partial charge in [0.15, 0.2) is 5.72 Å². The molecule has 108 valence electrons. The molecule has 1 heterocycles. The smallest absolute Gasteiger partial charge is 0.257 e. The van der Waals surface area contributed by atoms with Gasteiger partial charge in [0.2, 0.25) is 0 Å². The van der Waals surface area contributed by atoms with Gasteiger partial charge in [-0.25, -0.2) is 0 Å². The third kappa shape index (κ3) is 2.05. The molecule has 3 rings (SSSR count). The van der Waals surface area contributed by atoms with E-state index in [1.807, 2.05) is 48.5 Å². The Morgan fingerprint density at radius 1 is 1.05 bits per heavy atom. The van der Waals surface area contributed by atoms with Crippen molar-refractivity contribution >= 4 is 5.91 Å². The number of amides is 1. The predicted octanol–water partition coefficient (Wildman–Crippen LogP) is 3.14. The average Bonchev–Trinajstić information content (AvgIpc) is 2.76. The minimum absolute atomic E-state index is 0.0922. The summed E-state index contributed by atoms with van der Waals surface area (Å²) in [6, 6.07) is 16.8. The third-order valence-electron chi connectivity index (χ3n) is 4.08. The second-order valence-corrected chi connectivity index (χ2v) is 5.39. The van der Waals surface area contributed by atoms with Gasteiger partial charge in [0.25, 0.3) is 5.91 Å². The normalized spacial score (nSPS) is 20.7. The Morgan fingerprint density at radius 2 is 1.71 bits per heavy atom. The first kappa shape index (κ1) is 13.8. The van der Waals surface area contributed by atoms with Gasteiger partial charge in [-0.2, -0.15) is 0 Å². The van der Waals surface area contributed by atoms with Crippen LogP contribution in [0, 0.1) is 0 Å². The molecule has 3 heteroatoms. The molecule has 0 radical (unpaired) electrons. The van der Waals surface area contributed by atoms with Crippen LogP contribution in [-0.4, -0.2) is 22.5 Å². The van der Waals surface area contributed by atoms with E-state index in [2.05, 4.69) is 6.92 Å². The lowest BCUT2D eigenvalue weighted by molar-refractivity contribution is -0.0503. The fraction of sp³-hybridized carbons (Fsp3) is 0.278. The van der Waals surface area contributed by atoms with E-state index in [-0.39, 0.29) is 5.91 Å². The molecule has 0 saturated carbocycles. The van der Waals surface area contributed by atoms with Crippen molar-refractivity contribution < 1.29 is 9.90 Å². The van der Waals surface area contributed by atoms with Crippen LogP contribution in [0.15, 0.2) is 54.6 Å². The molecular weight excluding hydrogens is 262 g/mol. The quantitative estimate of drug-likeness (QED) is 0.935. The summed E-state index contributed by atoms with van der Waals surface area (Å²) in [5.41, 5.74) is 0.654. The Labute approximate surface area is 124 Å². The van der Waals surface area contributed by atoms with Crippen LogP contribution in [0.5, 0.6) is 0 Å². The van der Waals surface area contributed by atoms with Crippen molar-refractivity contribution in [1.29, 1.82) is 0 Å². The number of hydrogen-bond donors (Lipinski definition) is 1. The number of carbonyl (C=O) groups is 1. The van der Waals surface area contributed by atoms with Gasteiger partial charge in [-0.1, -0.05) is 61.9 Å². The summed E-state index contributed by atoms with van der Waals surface area (Å²) in [5.74, 6) is -0.0922. The van der Waals surface area contributed by atoms with Gasteiger partial charge in [-0.05, 0) is 12.5 Å². The second-order valence-electron chi connectivity index (χ2n) is 5.39. The first-order valence-electron chi connectivity index (χ1n) is 7.39. The number of aliphatic hydroxyl groups is 1. The van der Waals surface area contributed by atoms with E-state index in [1.165, 1.54) is 0 Å². The number of benzene rings is 2. The van der Waals surface area contributed by atoms with E-state index in [0.29, 0.717) is 17.7 Å². The zero-order valence-corrected chi connectivity index (χ0v) is 12.1. The van der Waals surface area contributed by atoms with Gasteiger partial charge in [0.05, 0.1) is 0 Å². The van der Waals surface area contributed by atoms with Crippen molar-refractivity contribution in [3.63, 3.8) is 0 Å². The van der Waals surface area contributed by atoms with Gasteiger partial charge in [0.1, 0.15) is 0 Å². The van der Waals surface area contributed by atoms with Gasteiger partial charge in [-0.15, -0.1) is 0 Å². The molecule has 0 aliphatic carbocycles.